The van der Waals surface area contributed by atoms with Gasteiger partial charge < -0.3 is 10.6 Å². The number of halogens is 2. The summed E-state index contributed by atoms with van der Waals surface area (Å²) in [6, 6.07) is 18.8. The van der Waals surface area contributed by atoms with E-state index in [2.05, 4.69) is 44.9 Å². The third kappa shape index (κ3) is 10.0. The molecule has 2 atom stereocenters. The molecule has 12 heteroatoms. The lowest BCUT2D eigenvalue weighted by atomic mass is 10.0. The Balaban J connectivity index is 1.47. The van der Waals surface area contributed by atoms with Gasteiger partial charge >= 0.3 is 0 Å². The fourth-order valence-corrected chi connectivity index (χ4v) is 5.90. The van der Waals surface area contributed by atoms with E-state index in [1.807, 2.05) is 50.2 Å². The lowest BCUT2D eigenvalue weighted by Gasteiger charge is -2.14. The zero-order chi connectivity index (χ0) is 37.9. The zero-order valence-corrected chi connectivity index (χ0v) is 31.6. The lowest BCUT2D eigenvalue weighted by molar-refractivity contribution is -0.127. The fraction of sp³-hybridized carbons (Fsp3) is 0.300. The third-order valence-corrected chi connectivity index (χ3v) is 9.10. The van der Waals surface area contributed by atoms with Gasteiger partial charge in [0.1, 0.15) is 5.69 Å². The van der Waals surface area contributed by atoms with Crippen molar-refractivity contribution in [1.82, 2.24) is 0 Å². The van der Waals surface area contributed by atoms with E-state index < -0.39 is 35.5 Å². The molecule has 0 aliphatic carbocycles. The first-order chi connectivity index (χ1) is 24.9. The van der Waals surface area contributed by atoms with Crippen LogP contribution in [0.15, 0.2) is 93.3 Å². The van der Waals surface area contributed by atoms with Crippen molar-refractivity contribution >= 4 is 69.3 Å². The summed E-state index contributed by atoms with van der Waals surface area (Å²) in [5.74, 6) is -2.09. The molecule has 0 saturated carbocycles. The molecule has 0 saturated heterocycles. The summed E-state index contributed by atoms with van der Waals surface area (Å²) >= 11 is 13.2. The highest BCUT2D eigenvalue weighted by Crippen LogP contribution is 2.36. The van der Waals surface area contributed by atoms with Gasteiger partial charge in [0.2, 0.25) is 12.1 Å². The van der Waals surface area contributed by atoms with E-state index in [1.54, 1.807) is 36.4 Å². The number of carbonyl (C=O) groups is 4. The number of anilines is 2. The summed E-state index contributed by atoms with van der Waals surface area (Å²) in [6.07, 6.45) is 3.17. The van der Waals surface area contributed by atoms with Gasteiger partial charge in [-0.1, -0.05) is 87.3 Å². The lowest BCUT2D eigenvalue weighted by Crippen LogP contribution is -2.32. The summed E-state index contributed by atoms with van der Waals surface area (Å²) in [5, 5.41) is 22.6. The highest BCUT2D eigenvalue weighted by atomic mass is 35.5. The summed E-state index contributed by atoms with van der Waals surface area (Å²) in [4.78, 5) is 50.9. The van der Waals surface area contributed by atoms with E-state index in [4.69, 9.17) is 23.2 Å². The summed E-state index contributed by atoms with van der Waals surface area (Å²) in [6.45, 7) is 10.7. The van der Waals surface area contributed by atoms with Crippen molar-refractivity contribution in [3.05, 3.63) is 105 Å². The molecule has 4 aromatic rings. The van der Waals surface area contributed by atoms with E-state index in [1.165, 1.54) is 13.8 Å². The maximum absolute atomic E-state index is 13.1. The molecule has 2 N–H and O–H groups in total. The maximum Gasteiger partial charge on any atom is 0.258 e. The second-order valence-corrected chi connectivity index (χ2v) is 13.0. The van der Waals surface area contributed by atoms with Crippen molar-refractivity contribution in [2.24, 2.45) is 20.5 Å². The fourth-order valence-electron chi connectivity index (χ4n) is 5.40. The van der Waals surface area contributed by atoms with Crippen LogP contribution in [-0.2, 0) is 44.9 Å². The molecule has 4 aromatic carbocycles. The molecule has 0 aliphatic heterocycles. The molecule has 10 nitrogen and oxygen atoms in total. The number of nitrogens with zero attached hydrogens (tertiary/aromatic N) is 4. The Hall–Kier alpha value is -5.06. The van der Waals surface area contributed by atoms with Crippen LogP contribution in [0.1, 0.15) is 63.8 Å². The molecule has 2 amide bonds. The Morgan fingerprint density at radius 1 is 0.596 bits per heavy atom. The first kappa shape index (κ1) is 39.7. The highest BCUT2D eigenvalue weighted by Gasteiger charge is 2.25. The molecule has 0 radical (unpaired) electrons. The molecule has 0 aromatic heterocycles. The van der Waals surface area contributed by atoms with Gasteiger partial charge in [0.25, 0.3) is 11.8 Å². The quantitative estimate of drug-likeness (QED) is 0.0924. The van der Waals surface area contributed by atoms with Gasteiger partial charge in [0, 0.05) is 16.9 Å². The number of hydrogen-bond donors (Lipinski definition) is 2. The Bertz CT molecular complexity index is 2040. The summed E-state index contributed by atoms with van der Waals surface area (Å²) < 4.78 is 0. The van der Waals surface area contributed by atoms with Gasteiger partial charge in [0.05, 0.1) is 15.7 Å². The van der Waals surface area contributed by atoms with Crippen molar-refractivity contribution in [3.63, 3.8) is 0 Å². The van der Waals surface area contributed by atoms with Gasteiger partial charge in [-0.2, -0.15) is 20.5 Å². The van der Waals surface area contributed by atoms with Crippen LogP contribution in [0.4, 0.5) is 22.7 Å². The number of Topliss-reactive ketones (excluding diaryl/α,β-unsaturated/α-hetero) is 2. The van der Waals surface area contributed by atoms with E-state index in [-0.39, 0.29) is 10.7 Å². The molecule has 0 bridgehead atoms. The van der Waals surface area contributed by atoms with Crippen LogP contribution in [0, 0.1) is 0 Å². The highest BCUT2D eigenvalue weighted by molar-refractivity contribution is 6.34. The Morgan fingerprint density at radius 2 is 1.12 bits per heavy atom. The maximum atomic E-state index is 13.1. The van der Waals surface area contributed by atoms with Crippen molar-refractivity contribution in [3.8, 4) is 11.1 Å². The van der Waals surface area contributed by atoms with Gasteiger partial charge in [-0.05, 0) is 104 Å². The number of ketones is 2. The van der Waals surface area contributed by atoms with Crippen molar-refractivity contribution in [1.29, 1.82) is 0 Å². The van der Waals surface area contributed by atoms with Crippen LogP contribution in [0.2, 0.25) is 10.0 Å². The SMILES string of the molecule is CCc1ccc(NC(=O)C(N=Nc2ccc(-c3ccc(N=NC(C(C)=O)C(=O)Nc4ccc(CC)cc4CC)c(Cl)c3)c(Cl)c2)C(C)=O)c(CC)c1. The Morgan fingerprint density at radius 3 is 1.56 bits per heavy atom. The van der Waals surface area contributed by atoms with Crippen LogP contribution in [0.25, 0.3) is 11.1 Å². The molecule has 4 rings (SSSR count). The topological polar surface area (TPSA) is 142 Å². The monoisotopic (exact) mass is 740 g/mol. The number of aryl methyl sites for hydroxylation is 4. The van der Waals surface area contributed by atoms with Crippen molar-refractivity contribution in [2.45, 2.75) is 79.3 Å². The average Bonchev–Trinajstić information content (AvgIpc) is 3.12. The number of rotatable bonds is 15. The largest absolute Gasteiger partial charge is 0.324 e. The first-order valence-corrected chi connectivity index (χ1v) is 17.9. The normalized spacial score (nSPS) is 12.5. The third-order valence-electron chi connectivity index (χ3n) is 8.48. The Kier molecular flexibility index (Phi) is 14.1. The molecule has 270 valence electrons. The Labute approximate surface area is 314 Å². The smallest absolute Gasteiger partial charge is 0.258 e. The molecular weight excluding hydrogens is 699 g/mol. The van der Waals surface area contributed by atoms with E-state index >= 15 is 0 Å². The number of amides is 2. The summed E-state index contributed by atoms with van der Waals surface area (Å²) in [5.41, 5.74) is 7.36. The molecule has 0 aliphatic rings. The average molecular weight is 742 g/mol. The zero-order valence-electron chi connectivity index (χ0n) is 30.1. The molecule has 2 unspecified atom stereocenters. The predicted molar refractivity (Wildman–Crippen MR) is 208 cm³/mol. The van der Waals surface area contributed by atoms with E-state index in [9.17, 15) is 19.2 Å². The summed E-state index contributed by atoms with van der Waals surface area (Å²) in [7, 11) is 0. The second-order valence-electron chi connectivity index (χ2n) is 12.2. The molecule has 0 spiro atoms. The molecule has 52 heavy (non-hydrogen) atoms. The molecule has 0 fully saturated rings. The molecular formula is C40H42Cl2N6O4. The number of hydrogen-bond acceptors (Lipinski definition) is 8. The second kappa shape index (κ2) is 18.4. The van der Waals surface area contributed by atoms with E-state index in [0.29, 0.717) is 46.1 Å². The standard InChI is InChI=1S/C40H42Cl2N6O4/c1-7-25-11-16-34(27(9-3)19-25)43-39(51)37(23(5)49)47-45-30-14-15-31(32(41)22-30)29-13-18-36(33(42)21-29)46-48-38(24(6)50)40(52)44-35-17-12-26(8-2)20-28(35)10-4/h11-22,37-38H,7-10H2,1-6H3,(H,43,51)(H,44,52). The number of azo groups is 2. The number of benzene rings is 4. The predicted octanol–water partition coefficient (Wildman–Crippen LogP) is 10.3. The van der Waals surface area contributed by atoms with E-state index in [0.717, 1.165) is 35.1 Å². The molecule has 0 heterocycles. The first-order valence-electron chi connectivity index (χ1n) is 17.2. The van der Waals surface area contributed by atoms with Crippen LogP contribution in [0.3, 0.4) is 0 Å². The van der Waals surface area contributed by atoms with Crippen LogP contribution in [-0.4, -0.2) is 35.5 Å². The minimum absolute atomic E-state index is 0.220. The van der Waals surface area contributed by atoms with Crippen molar-refractivity contribution in [2.75, 3.05) is 10.6 Å². The number of nitrogens with one attached hydrogen (secondary N) is 2. The van der Waals surface area contributed by atoms with Crippen LogP contribution in [0.5, 0.6) is 0 Å². The minimum atomic E-state index is -1.36. The van der Waals surface area contributed by atoms with Gasteiger partial charge in [-0.15, -0.1) is 0 Å². The number of carbonyl (C=O) groups excluding carboxylic acids is 4. The van der Waals surface area contributed by atoms with Crippen molar-refractivity contribution < 1.29 is 19.2 Å². The minimum Gasteiger partial charge on any atom is -0.324 e. The van der Waals surface area contributed by atoms with Gasteiger partial charge in [0.15, 0.2) is 11.6 Å². The van der Waals surface area contributed by atoms with Gasteiger partial charge in [-0.3, -0.25) is 19.2 Å². The van der Waals surface area contributed by atoms with Gasteiger partial charge in [-0.25, -0.2) is 0 Å². The van der Waals surface area contributed by atoms with Crippen LogP contribution < -0.4 is 10.6 Å². The van der Waals surface area contributed by atoms with Crippen LogP contribution >= 0.6 is 23.2 Å².